The second kappa shape index (κ2) is 9.33. The maximum Gasteiger partial charge on any atom is 0.332 e. The number of anilines is 1. The van der Waals surface area contributed by atoms with Gasteiger partial charge in [-0.2, -0.15) is 0 Å². The Morgan fingerprint density at radius 3 is 2.43 bits per heavy atom. The summed E-state index contributed by atoms with van der Waals surface area (Å²) in [7, 11) is -2.04. The molecule has 2 aromatic rings. The Morgan fingerprint density at radius 1 is 1.11 bits per heavy atom. The van der Waals surface area contributed by atoms with Gasteiger partial charge in [0.25, 0.3) is 5.56 Å². The van der Waals surface area contributed by atoms with Gasteiger partial charge < -0.3 is 24.0 Å². The van der Waals surface area contributed by atoms with E-state index in [1.165, 1.54) is 10.6 Å². The van der Waals surface area contributed by atoms with Crippen molar-refractivity contribution < 1.29 is 18.6 Å². The number of benzene rings is 1. The van der Waals surface area contributed by atoms with Crippen LogP contribution >= 0.6 is 0 Å². The van der Waals surface area contributed by atoms with Crippen LogP contribution in [0.5, 0.6) is 0 Å². The van der Waals surface area contributed by atoms with Crippen LogP contribution in [0.4, 0.5) is 5.82 Å². The van der Waals surface area contributed by atoms with Crippen LogP contribution in [0.1, 0.15) is 46.4 Å². The van der Waals surface area contributed by atoms with E-state index < -0.39 is 49.9 Å². The Bertz CT molecular complexity index is 1150. The predicted molar refractivity (Wildman–Crippen MR) is 136 cm³/mol. The molecule has 1 aromatic carbocycles. The van der Waals surface area contributed by atoms with Crippen molar-refractivity contribution in [1.82, 2.24) is 9.55 Å². The highest BCUT2D eigenvalue weighted by Crippen LogP contribution is 2.44. The van der Waals surface area contributed by atoms with E-state index in [0.29, 0.717) is 19.0 Å². The second-order valence-corrected chi connectivity index (χ2v) is 16.0. The van der Waals surface area contributed by atoms with Gasteiger partial charge in [0.2, 0.25) is 0 Å². The third-order valence-electron chi connectivity index (χ3n) is 7.09. The number of nitrogens with zero attached hydrogens (tertiary/aromatic N) is 1. The highest BCUT2D eigenvalue weighted by Gasteiger charge is 2.57. The summed E-state index contributed by atoms with van der Waals surface area (Å²) in [6, 6.07) is 11.1. The highest BCUT2D eigenvalue weighted by molar-refractivity contribution is 6.74. The third kappa shape index (κ3) is 5.46. The Morgan fingerprint density at radius 2 is 1.77 bits per heavy atom. The molecule has 2 aliphatic heterocycles. The minimum Gasteiger partial charge on any atom is -0.414 e. The van der Waals surface area contributed by atoms with E-state index in [9.17, 15) is 9.59 Å². The molecule has 2 N–H and O–H groups in total. The number of ether oxygens (including phenoxy) is 3. The van der Waals surface area contributed by atoms with Crippen LogP contribution in [-0.2, 0) is 25.2 Å². The number of nitrogens with one attached hydrogen (secondary N) is 2. The molecule has 3 heterocycles. The van der Waals surface area contributed by atoms with Gasteiger partial charge in [-0.25, -0.2) is 9.36 Å². The molecule has 4 atom stereocenters. The van der Waals surface area contributed by atoms with Crippen molar-refractivity contribution in [1.29, 1.82) is 0 Å². The molecule has 4 rings (SSSR count). The normalized spacial score (nSPS) is 26.0. The first-order valence-corrected chi connectivity index (χ1v) is 15.0. The number of fused-ring (bicyclic) bond motifs is 1. The molecule has 2 fully saturated rings. The molecule has 2 aliphatic rings. The molecule has 0 spiro atoms. The van der Waals surface area contributed by atoms with Crippen molar-refractivity contribution in [2.45, 2.75) is 89.6 Å². The zero-order chi connectivity index (χ0) is 25.6. The lowest BCUT2D eigenvalue weighted by Gasteiger charge is -2.37. The number of hydrogen-bond acceptors (Lipinski definition) is 7. The van der Waals surface area contributed by atoms with Gasteiger partial charge in [0, 0.05) is 12.6 Å². The van der Waals surface area contributed by atoms with Gasteiger partial charge in [-0.1, -0.05) is 51.1 Å². The first kappa shape index (κ1) is 25.8. The fourth-order valence-electron chi connectivity index (χ4n) is 4.19. The average molecular weight is 504 g/mol. The van der Waals surface area contributed by atoms with E-state index >= 15 is 0 Å². The van der Waals surface area contributed by atoms with Crippen molar-refractivity contribution in [2.75, 3.05) is 11.9 Å². The number of aromatic amines is 1. The monoisotopic (exact) mass is 503 g/mol. The molecule has 0 radical (unpaired) electrons. The Labute approximate surface area is 206 Å². The standard InChI is InChI=1S/C25H37N3O6Si/c1-24(2,3)35(6,7)31-15-17-20-21(34-25(4,5)33-20)22(32-17)28-18(13-19(29)27-23(28)30)26-14-16-11-9-8-10-12-16/h8-13,17,20-22,26H,14-15H2,1-7H3,(H,27,29,30)/t17-,20-,21-,22-/m1/s1. The molecule has 192 valence electrons. The van der Waals surface area contributed by atoms with Crippen LogP contribution in [0.2, 0.25) is 18.1 Å². The molecule has 9 nitrogen and oxygen atoms in total. The quantitative estimate of drug-likeness (QED) is 0.557. The molecule has 0 saturated carbocycles. The van der Waals surface area contributed by atoms with Crippen molar-refractivity contribution in [3.8, 4) is 0 Å². The molecule has 1 aromatic heterocycles. The summed E-state index contributed by atoms with van der Waals surface area (Å²) >= 11 is 0. The Kier molecular flexibility index (Phi) is 6.88. The number of H-pyrrole nitrogens is 1. The van der Waals surface area contributed by atoms with Gasteiger partial charge in [0.1, 0.15) is 24.1 Å². The molecular weight excluding hydrogens is 466 g/mol. The first-order chi connectivity index (χ1) is 16.3. The lowest BCUT2D eigenvalue weighted by molar-refractivity contribution is -0.199. The van der Waals surface area contributed by atoms with E-state index in [2.05, 4.69) is 44.2 Å². The summed E-state index contributed by atoms with van der Waals surface area (Å²) in [5.41, 5.74) is -0.0478. The van der Waals surface area contributed by atoms with Gasteiger partial charge in [0.05, 0.1) is 6.61 Å². The SMILES string of the molecule is CC1(C)O[C@@H]2[C@H](O1)[C@@H](CO[Si](C)(C)C(C)(C)C)O[C@H]2n1c(NCc2ccccc2)cc(=O)[nH]c1=O. The second-order valence-electron chi connectivity index (χ2n) is 11.2. The van der Waals surface area contributed by atoms with Gasteiger partial charge in [-0.05, 0) is 37.5 Å². The molecule has 35 heavy (non-hydrogen) atoms. The molecular formula is C25H37N3O6Si. The number of hydrogen-bond donors (Lipinski definition) is 2. The van der Waals surface area contributed by atoms with E-state index in [1.807, 2.05) is 44.2 Å². The predicted octanol–water partition coefficient (Wildman–Crippen LogP) is 3.59. The molecule has 0 amide bonds. The zero-order valence-electron chi connectivity index (χ0n) is 21.6. The molecule has 10 heteroatoms. The summed E-state index contributed by atoms with van der Waals surface area (Å²) < 4.78 is 26.6. The number of aromatic nitrogens is 2. The van der Waals surface area contributed by atoms with E-state index in [4.69, 9.17) is 18.6 Å². The summed E-state index contributed by atoms with van der Waals surface area (Å²) in [6.07, 6.45) is -2.18. The van der Waals surface area contributed by atoms with Crippen LogP contribution in [0.15, 0.2) is 46.0 Å². The Hall–Kier alpha value is -2.24. The minimum atomic E-state index is -2.04. The lowest BCUT2D eigenvalue weighted by Crippen LogP contribution is -2.44. The summed E-state index contributed by atoms with van der Waals surface area (Å²) in [5, 5.41) is 3.26. The zero-order valence-corrected chi connectivity index (χ0v) is 22.6. The summed E-state index contributed by atoms with van der Waals surface area (Å²) in [4.78, 5) is 27.6. The highest BCUT2D eigenvalue weighted by atomic mass is 28.4. The van der Waals surface area contributed by atoms with Gasteiger partial charge in [-0.3, -0.25) is 9.78 Å². The third-order valence-corrected chi connectivity index (χ3v) is 11.6. The maximum atomic E-state index is 13.0. The fraction of sp³-hybridized carbons (Fsp3) is 0.600. The fourth-order valence-corrected chi connectivity index (χ4v) is 5.20. The topological polar surface area (TPSA) is 104 Å². The van der Waals surface area contributed by atoms with Crippen LogP contribution in [0.25, 0.3) is 0 Å². The summed E-state index contributed by atoms with van der Waals surface area (Å²) in [5.74, 6) is -0.485. The summed E-state index contributed by atoms with van der Waals surface area (Å²) in [6.45, 7) is 15.4. The molecule has 0 aliphatic carbocycles. The van der Waals surface area contributed by atoms with E-state index in [1.54, 1.807) is 0 Å². The maximum absolute atomic E-state index is 13.0. The van der Waals surface area contributed by atoms with Gasteiger partial charge >= 0.3 is 5.69 Å². The minimum absolute atomic E-state index is 0.0428. The van der Waals surface area contributed by atoms with Crippen LogP contribution in [-0.4, -0.2) is 48.6 Å². The largest absolute Gasteiger partial charge is 0.414 e. The van der Waals surface area contributed by atoms with Crippen molar-refractivity contribution in [3.05, 3.63) is 62.8 Å². The van der Waals surface area contributed by atoms with Crippen LogP contribution in [0, 0.1) is 0 Å². The van der Waals surface area contributed by atoms with Crippen LogP contribution < -0.4 is 16.6 Å². The molecule has 0 bridgehead atoms. The van der Waals surface area contributed by atoms with E-state index in [0.717, 1.165) is 5.56 Å². The van der Waals surface area contributed by atoms with Gasteiger partial charge in [-0.15, -0.1) is 0 Å². The smallest absolute Gasteiger partial charge is 0.332 e. The number of rotatable bonds is 7. The van der Waals surface area contributed by atoms with Crippen molar-refractivity contribution in [3.63, 3.8) is 0 Å². The van der Waals surface area contributed by atoms with Crippen molar-refractivity contribution >= 4 is 14.1 Å². The molecule has 0 unspecified atom stereocenters. The van der Waals surface area contributed by atoms with E-state index in [-0.39, 0.29) is 5.04 Å². The van der Waals surface area contributed by atoms with Crippen molar-refractivity contribution in [2.24, 2.45) is 0 Å². The average Bonchev–Trinajstić information content (AvgIpc) is 3.23. The first-order valence-electron chi connectivity index (χ1n) is 12.1. The Balaban J connectivity index is 1.63. The lowest BCUT2D eigenvalue weighted by atomic mass is 10.1. The molecule has 2 saturated heterocycles. The van der Waals surface area contributed by atoms with Crippen LogP contribution in [0.3, 0.4) is 0 Å². The van der Waals surface area contributed by atoms with Gasteiger partial charge in [0.15, 0.2) is 20.3 Å².